The summed E-state index contributed by atoms with van der Waals surface area (Å²) < 4.78 is 4.64. The first-order chi connectivity index (χ1) is 8.18. The van der Waals surface area contributed by atoms with E-state index in [9.17, 15) is 14.7 Å². The first-order valence-corrected chi connectivity index (χ1v) is 6.00. The van der Waals surface area contributed by atoms with Crippen LogP contribution in [0.4, 0.5) is 0 Å². The SMILES string of the molecule is COC(=O)[C@@H]1C[C@@H](O)CN1C(=O)C(N)C(C)(C)C.Cl. The lowest BCUT2D eigenvalue weighted by atomic mass is 9.86. The topological polar surface area (TPSA) is 92.9 Å². The van der Waals surface area contributed by atoms with Crippen molar-refractivity contribution in [3.8, 4) is 0 Å². The summed E-state index contributed by atoms with van der Waals surface area (Å²) in [6, 6.07) is -1.44. The smallest absolute Gasteiger partial charge is 0.328 e. The Hall–Kier alpha value is -0.850. The van der Waals surface area contributed by atoms with Gasteiger partial charge in [-0.05, 0) is 5.41 Å². The van der Waals surface area contributed by atoms with E-state index in [4.69, 9.17) is 5.73 Å². The van der Waals surface area contributed by atoms with E-state index in [1.807, 2.05) is 20.8 Å². The van der Waals surface area contributed by atoms with Crippen LogP contribution in [0.2, 0.25) is 0 Å². The third-order valence-electron chi connectivity index (χ3n) is 3.23. The van der Waals surface area contributed by atoms with Gasteiger partial charge in [-0.1, -0.05) is 20.8 Å². The highest BCUT2D eigenvalue weighted by Crippen LogP contribution is 2.25. The normalized spacial score (nSPS) is 24.6. The first kappa shape index (κ1) is 18.1. The van der Waals surface area contributed by atoms with Crippen molar-refractivity contribution in [2.75, 3.05) is 13.7 Å². The molecule has 1 fully saturated rings. The fraction of sp³-hybridized carbons (Fsp3) is 0.833. The Morgan fingerprint density at radius 1 is 1.42 bits per heavy atom. The molecule has 3 atom stereocenters. The van der Waals surface area contributed by atoms with Gasteiger partial charge < -0.3 is 20.5 Å². The van der Waals surface area contributed by atoms with Gasteiger partial charge in [0.15, 0.2) is 0 Å². The summed E-state index contributed by atoms with van der Waals surface area (Å²) in [4.78, 5) is 25.2. The van der Waals surface area contributed by atoms with Gasteiger partial charge in [0.25, 0.3) is 0 Å². The van der Waals surface area contributed by atoms with Crippen molar-refractivity contribution in [1.82, 2.24) is 4.90 Å². The number of esters is 1. The van der Waals surface area contributed by atoms with Crippen molar-refractivity contribution in [2.24, 2.45) is 11.1 Å². The number of aliphatic hydroxyl groups is 1. The van der Waals surface area contributed by atoms with Crippen molar-refractivity contribution < 1.29 is 19.4 Å². The molecule has 0 radical (unpaired) electrons. The van der Waals surface area contributed by atoms with Gasteiger partial charge in [-0.25, -0.2) is 4.79 Å². The number of likely N-dealkylation sites (tertiary alicyclic amines) is 1. The van der Waals surface area contributed by atoms with Gasteiger partial charge >= 0.3 is 5.97 Å². The third-order valence-corrected chi connectivity index (χ3v) is 3.23. The number of rotatable bonds is 2. The number of nitrogens with two attached hydrogens (primary N) is 1. The quantitative estimate of drug-likeness (QED) is 0.695. The van der Waals surface area contributed by atoms with Gasteiger partial charge in [-0.15, -0.1) is 12.4 Å². The van der Waals surface area contributed by atoms with Gasteiger partial charge in [-0.2, -0.15) is 0 Å². The maximum absolute atomic E-state index is 12.3. The van der Waals surface area contributed by atoms with Crippen LogP contribution in [0.1, 0.15) is 27.2 Å². The van der Waals surface area contributed by atoms with E-state index in [0.29, 0.717) is 0 Å². The highest BCUT2D eigenvalue weighted by Gasteiger charge is 2.43. The predicted molar refractivity (Wildman–Crippen MR) is 72.8 cm³/mol. The number of carbonyl (C=O) groups is 2. The van der Waals surface area contributed by atoms with Crippen molar-refractivity contribution in [3.05, 3.63) is 0 Å². The van der Waals surface area contributed by atoms with E-state index in [0.717, 1.165) is 0 Å². The fourth-order valence-corrected chi connectivity index (χ4v) is 1.97. The highest BCUT2D eigenvalue weighted by molar-refractivity contribution is 5.88. The van der Waals surface area contributed by atoms with Crippen molar-refractivity contribution in [2.45, 2.75) is 45.4 Å². The molecule has 1 amide bonds. The zero-order valence-corrected chi connectivity index (χ0v) is 12.6. The molecule has 1 saturated heterocycles. The molecule has 6 nitrogen and oxygen atoms in total. The van der Waals surface area contributed by atoms with Gasteiger partial charge in [0.2, 0.25) is 5.91 Å². The fourth-order valence-electron chi connectivity index (χ4n) is 1.97. The largest absolute Gasteiger partial charge is 0.467 e. The number of amides is 1. The van der Waals surface area contributed by atoms with E-state index >= 15 is 0 Å². The molecule has 1 heterocycles. The number of aliphatic hydroxyl groups excluding tert-OH is 1. The maximum atomic E-state index is 12.3. The number of halogens is 1. The van der Waals surface area contributed by atoms with E-state index in [1.165, 1.54) is 12.0 Å². The lowest BCUT2D eigenvalue weighted by molar-refractivity contribution is -0.152. The molecule has 0 saturated carbocycles. The molecule has 1 unspecified atom stereocenters. The van der Waals surface area contributed by atoms with Crippen LogP contribution in [0.25, 0.3) is 0 Å². The first-order valence-electron chi connectivity index (χ1n) is 6.00. The molecular weight excluding hydrogens is 272 g/mol. The van der Waals surface area contributed by atoms with E-state index in [1.54, 1.807) is 0 Å². The Kier molecular flexibility index (Phi) is 6.25. The molecule has 3 N–H and O–H groups in total. The zero-order chi connectivity index (χ0) is 14.1. The Bertz CT molecular complexity index is 343. The summed E-state index contributed by atoms with van der Waals surface area (Å²) in [5.41, 5.74) is 5.50. The number of β-amino-alcohol motifs (C(OH)–C–C–N with tert-alkyl or cyclic N) is 1. The Balaban J connectivity index is 0.00000324. The minimum absolute atomic E-state index is 0. The van der Waals surface area contributed by atoms with Crippen LogP contribution in [-0.4, -0.2) is 53.7 Å². The Morgan fingerprint density at radius 3 is 2.37 bits per heavy atom. The number of nitrogens with zero attached hydrogens (tertiary/aromatic N) is 1. The lowest BCUT2D eigenvalue weighted by Crippen LogP contribution is -2.53. The van der Waals surface area contributed by atoms with Crippen LogP contribution >= 0.6 is 12.4 Å². The lowest BCUT2D eigenvalue weighted by Gasteiger charge is -2.31. The van der Waals surface area contributed by atoms with Gasteiger partial charge in [0.05, 0.1) is 19.3 Å². The summed E-state index contributed by atoms with van der Waals surface area (Å²) >= 11 is 0. The molecule has 0 bridgehead atoms. The molecular formula is C12H23ClN2O4. The van der Waals surface area contributed by atoms with Gasteiger partial charge in [-0.3, -0.25) is 4.79 Å². The van der Waals surface area contributed by atoms with E-state index in [2.05, 4.69) is 4.74 Å². The van der Waals surface area contributed by atoms with Gasteiger partial charge in [0, 0.05) is 13.0 Å². The summed E-state index contributed by atoms with van der Waals surface area (Å²) in [7, 11) is 1.26. The Labute approximate surface area is 119 Å². The number of ether oxygens (including phenoxy) is 1. The van der Waals surface area contributed by atoms with Crippen LogP contribution in [0.5, 0.6) is 0 Å². The van der Waals surface area contributed by atoms with Crippen LogP contribution in [0, 0.1) is 5.41 Å². The molecule has 1 aliphatic heterocycles. The standard InChI is InChI=1S/C12H22N2O4.ClH/c1-12(2,3)9(13)10(16)14-6-7(15)5-8(14)11(17)18-4;/h7-9,15H,5-6,13H2,1-4H3;1H/t7-,8+,9?;/m1./s1. The minimum Gasteiger partial charge on any atom is -0.467 e. The summed E-state index contributed by atoms with van der Waals surface area (Å²) in [5, 5.41) is 9.61. The minimum atomic E-state index is -0.731. The summed E-state index contributed by atoms with van der Waals surface area (Å²) in [5.74, 6) is -0.838. The number of methoxy groups -OCH3 is 1. The van der Waals surface area contributed by atoms with Crippen LogP contribution in [0.15, 0.2) is 0 Å². The average molecular weight is 295 g/mol. The number of hydrogen-bond acceptors (Lipinski definition) is 5. The molecule has 1 rings (SSSR count). The van der Waals surface area contributed by atoms with Gasteiger partial charge in [0.1, 0.15) is 6.04 Å². The molecule has 7 heteroatoms. The highest BCUT2D eigenvalue weighted by atomic mass is 35.5. The number of hydrogen-bond donors (Lipinski definition) is 2. The van der Waals surface area contributed by atoms with E-state index < -0.39 is 29.6 Å². The van der Waals surface area contributed by atoms with Crippen LogP contribution < -0.4 is 5.73 Å². The molecule has 19 heavy (non-hydrogen) atoms. The van der Waals surface area contributed by atoms with Crippen LogP contribution in [-0.2, 0) is 14.3 Å². The summed E-state index contributed by atoms with van der Waals surface area (Å²) in [6.45, 7) is 5.70. The molecule has 0 aromatic rings. The van der Waals surface area contributed by atoms with Crippen molar-refractivity contribution in [1.29, 1.82) is 0 Å². The molecule has 0 spiro atoms. The second kappa shape index (κ2) is 6.54. The van der Waals surface area contributed by atoms with Crippen molar-refractivity contribution >= 4 is 24.3 Å². The van der Waals surface area contributed by atoms with E-state index in [-0.39, 0.29) is 31.3 Å². The third kappa shape index (κ3) is 4.06. The molecule has 1 aliphatic rings. The van der Waals surface area contributed by atoms with Crippen LogP contribution in [0.3, 0.4) is 0 Å². The predicted octanol–water partition coefficient (Wildman–Crippen LogP) is -0.0836. The molecule has 112 valence electrons. The second-order valence-electron chi connectivity index (χ2n) is 5.76. The molecule has 0 aliphatic carbocycles. The summed E-state index contributed by atoms with van der Waals surface area (Å²) in [6.07, 6.45) is -0.500. The number of carbonyl (C=O) groups excluding carboxylic acids is 2. The second-order valence-corrected chi connectivity index (χ2v) is 5.76. The molecule has 0 aromatic heterocycles. The zero-order valence-electron chi connectivity index (χ0n) is 11.8. The Morgan fingerprint density at radius 2 is 1.95 bits per heavy atom. The molecule has 0 aromatic carbocycles. The van der Waals surface area contributed by atoms with Crippen molar-refractivity contribution in [3.63, 3.8) is 0 Å². The average Bonchev–Trinajstić information content (AvgIpc) is 2.67. The maximum Gasteiger partial charge on any atom is 0.328 e. The monoisotopic (exact) mass is 294 g/mol.